The zero-order valence-corrected chi connectivity index (χ0v) is 22.9. The number of amides is 1. The van der Waals surface area contributed by atoms with Crippen LogP contribution in [0.2, 0.25) is 0 Å². The molecular weight excluding hydrogens is 504 g/mol. The van der Waals surface area contributed by atoms with Crippen molar-refractivity contribution in [2.45, 2.75) is 45.2 Å². The number of para-hydroxylation sites is 2. The molecular formula is C33H30N2O5. The predicted molar refractivity (Wildman–Crippen MR) is 152 cm³/mol. The molecule has 7 rings (SSSR count). The van der Waals surface area contributed by atoms with Gasteiger partial charge in [-0.25, -0.2) is 0 Å². The van der Waals surface area contributed by atoms with Crippen molar-refractivity contribution < 1.29 is 23.9 Å². The zero-order chi connectivity index (χ0) is 28.0. The Balaban J connectivity index is 1.54. The van der Waals surface area contributed by atoms with E-state index in [2.05, 4.69) is 11.4 Å². The van der Waals surface area contributed by atoms with Gasteiger partial charge in [-0.05, 0) is 48.4 Å². The molecule has 7 nitrogen and oxygen atoms in total. The summed E-state index contributed by atoms with van der Waals surface area (Å²) in [7, 11) is 0. The second kappa shape index (κ2) is 8.31. The van der Waals surface area contributed by atoms with Gasteiger partial charge in [-0.15, -0.1) is 0 Å². The van der Waals surface area contributed by atoms with Crippen molar-refractivity contribution in [2.24, 2.45) is 11.3 Å². The lowest BCUT2D eigenvalue weighted by Gasteiger charge is -2.39. The van der Waals surface area contributed by atoms with Crippen LogP contribution in [0.25, 0.3) is 5.57 Å². The summed E-state index contributed by atoms with van der Waals surface area (Å²) in [5.74, 6) is -0.585. The van der Waals surface area contributed by atoms with Gasteiger partial charge in [0.05, 0.1) is 12.0 Å². The first-order valence-corrected chi connectivity index (χ1v) is 13.6. The summed E-state index contributed by atoms with van der Waals surface area (Å²) >= 11 is 0. The van der Waals surface area contributed by atoms with Gasteiger partial charge in [0.1, 0.15) is 11.5 Å². The van der Waals surface area contributed by atoms with E-state index in [-0.39, 0.29) is 24.3 Å². The molecule has 4 atom stereocenters. The molecule has 3 aromatic rings. The lowest BCUT2D eigenvalue weighted by molar-refractivity contribution is -0.128. The van der Waals surface area contributed by atoms with Crippen molar-refractivity contribution in [3.05, 3.63) is 89.5 Å². The maximum Gasteiger partial charge on any atom is 0.238 e. The van der Waals surface area contributed by atoms with Gasteiger partial charge in [-0.1, -0.05) is 63.2 Å². The molecule has 1 N–H and O–H groups in total. The number of carbonyl (C=O) groups excluding carboxylic acids is 3. The highest BCUT2D eigenvalue weighted by Gasteiger charge is 2.71. The van der Waals surface area contributed by atoms with Crippen LogP contribution in [0.15, 0.2) is 72.8 Å². The quantitative estimate of drug-likeness (QED) is 0.454. The Morgan fingerprint density at radius 2 is 1.70 bits per heavy atom. The highest BCUT2D eigenvalue weighted by Crippen LogP contribution is 2.59. The first kappa shape index (κ1) is 24.6. The number of ether oxygens (including phenoxy) is 2. The van der Waals surface area contributed by atoms with Crippen LogP contribution >= 0.6 is 0 Å². The monoisotopic (exact) mass is 534 g/mol. The summed E-state index contributed by atoms with van der Waals surface area (Å²) in [6, 6.07) is 19.1. The molecule has 1 amide bonds. The number of benzene rings is 3. The number of fused-ring (bicyclic) bond motifs is 7. The first-order chi connectivity index (χ1) is 19.1. The Bertz CT molecular complexity index is 1650. The molecule has 0 aliphatic carbocycles. The van der Waals surface area contributed by atoms with Crippen LogP contribution in [0.1, 0.15) is 49.2 Å². The van der Waals surface area contributed by atoms with Gasteiger partial charge >= 0.3 is 0 Å². The second-order valence-corrected chi connectivity index (χ2v) is 12.1. The molecule has 0 unspecified atom stereocenters. The summed E-state index contributed by atoms with van der Waals surface area (Å²) in [6.45, 7) is 7.72. The van der Waals surface area contributed by atoms with Crippen molar-refractivity contribution in [3.8, 4) is 11.5 Å². The van der Waals surface area contributed by atoms with E-state index >= 15 is 0 Å². The minimum Gasteiger partial charge on any atom is -0.454 e. The topological polar surface area (TPSA) is 84.9 Å². The SMILES string of the molecule is CC1=C[C@@H]2N(c3ccccc31)[C@H](C(=O)C(C)(C)C)[C@H](C(=O)c1ccc3c(c1)OCO3)[C@]21C(=O)Nc2ccccc21. The number of carbonyl (C=O) groups is 3. The molecule has 202 valence electrons. The summed E-state index contributed by atoms with van der Waals surface area (Å²) in [4.78, 5) is 45.8. The number of rotatable bonds is 3. The van der Waals surface area contributed by atoms with Crippen LogP contribution in [-0.4, -0.2) is 36.4 Å². The van der Waals surface area contributed by atoms with E-state index in [1.807, 2.05) is 81.1 Å². The molecule has 1 saturated heterocycles. The van der Waals surface area contributed by atoms with Crippen LogP contribution in [0.5, 0.6) is 11.5 Å². The van der Waals surface area contributed by atoms with Crippen LogP contribution in [-0.2, 0) is 15.0 Å². The number of anilines is 2. The lowest BCUT2D eigenvalue weighted by Crippen LogP contribution is -2.51. The maximum absolute atomic E-state index is 14.9. The van der Waals surface area contributed by atoms with E-state index in [1.165, 1.54) is 0 Å². The van der Waals surface area contributed by atoms with E-state index < -0.39 is 28.8 Å². The Labute approximate surface area is 232 Å². The van der Waals surface area contributed by atoms with Crippen molar-refractivity contribution in [1.82, 2.24) is 0 Å². The third-order valence-electron chi connectivity index (χ3n) is 8.83. The van der Waals surface area contributed by atoms with Crippen molar-refractivity contribution in [3.63, 3.8) is 0 Å². The Morgan fingerprint density at radius 3 is 2.50 bits per heavy atom. The predicted octanol–water partition coefficient (Wildman–Crippen LogP) is 5.39. The molecule has 1 spiro atoms. The average molecular weight is 535 g/mol. The van der Waals surface area contributed by atoms with E-state index in [4.69, 9.17) is 9.47 Å². The molecule has 0 saturated carbocycles. The van der Waals surface area contributed by atoms with Crippen molar-refractivity contribution in [2.75, 3.05) is 17.0 Å². The third kappa shape index (κ3) is 3.14. The molecule has 0 aromatic heterocycles. The summed E-state index contributed by atoms with van der Waals surface area (Å²) in [5.41, 5.74) is 2.54. The van der Waals surface area contributed by atoms with E-state index in [0.29, 0.717) is 22.7 Å². The minimum absolute atomic E-state index is 0.0813. The van der Waals surface area contributed by atoms with E-state index in [9.17, 15) is 14.4 Å². The summed E-state index contributed by atoms with van der Waals surface area (Å²) < 4.78 is 11.1. The Kier molecular flexibility index (Phi) is 5.12. The molecule has 4 aliphatic heterocycles. The highest BCUT2D eigenvalue weighted by molar-refractivity contribution is 6.17. The van der Waals surface area contributed by atoms with Gasteiger partial charge in [0, 0.05) is 27.9 Å². The van der Waals surface area contributed by atoms with Gasteiger partial charge in [0.15, 0.2) is 23.1 Å². The number of nitrogens with one attached hydrogen (secondary N) is 1. The van der Waals surface area contributed by atoms with Gasteiger partial charge < -0.3 is 19.7 Å². The Hall–Kier alpha value is -4.39. The molecule has 0 bridgehead atoms. The number of Topliss-reactive ketones (excluding diaryl/α,β-unsaturated/α-hetero) is 2. The van der Waals surface area contributed by atoms with Crippen molar-refractivity contribution >= 4 is 34.4 Å². The average Bonchev–Trinajstić information content (AvgIpc) is 3.61. The van der Waals surface area contributed by atoms with E-state index in [0.717, 1.165) is 22.4 Å². The molecule has 1 fully saturated rings. The van der Waals surface area contributed by atoms with E-state index in [1.54, 1.807) is 18.2 Å². The van der Waals surface area contributed by atoms with Crippen LogP contribution in [0, 0.1) is 11.3 Å². The fourth-order valence-corrected chi connectivity index (χ4v) is 7.06. The summed E-state index contributed by atoms with van der Waals surface area (Å²) in [5, 5.41) is 3.08. The first-order valence-electron chi connectivity index (χ1n) is 13.6. The molecule has 4 aliphatic rings. The normalized spacial score (nSPS) is 25.7. The molecule has 0 radical (unpaired) electrons. The number of hydrogen-bond donors (Lipinski definition) is 1. The number of hydrogen-bond acceptors (Lipinski definition) is 6. The fraction of sp³-hybridized carbons (Fsp3) is 0.303. The van der Waals surface area contributed by atoms with Crippen molar-refractivity contribution in [1.29, 1.82) is 0 Å². The maximum atomic E-state index is 14.9. The molecule has 7 heteroatoms. The van der Waals surface area contributed by atoms with Crippen LogP contribution in [0.4, 0.5) is 11.4 Å². The summed E-state index contributed by atoms with van der Waals surface area (Å²) in [6.07, 6.45) is 2.07. The standard InChI is InChI=1S/C33H30N2O5/c1-18-15-26-33(21-10-6-7-11-22(21)34-31(33)38)27(29(36)19-13-14-24-25(16-19)40-17-39-24)28(30(37)32(2,3)4)35(26)23-12-8-5-9-20(18)23/h5-16,26-28H,17H2,1-4H3,(H,34,38)/t26-,27+,28-,33+/m0/s1. The van der Waals surface area contributed by atoms with Gasteiger partial charge in [-0.2, -0.15) is 0 Å². The van der Waals surface area contributed by atoms with Gasteiger partial charge in [0.25, 0.3) is 0 Å². The number of nitrogens with zero attached hydrogens (tertiary/aromatic N) is 1. The number of ketones is 2. The molecule has 40 heavy (non-hydrogen) atoms. The smallest absolute Gasteiger partial charge is 0.238 e. The largest absolute Gasteiger partial charge is 0.454 e. The second-order valence-electron chi connectivity index (χ2n) is 12.1. The molecule has 3 aromatic carbocycles. The van der Waals surface area contributed by atoms with Crippen LogP contribution in [0.3, 0.4) is 0 Å². The number of allylic oxidation sites excluding steroid dienone is 1. The molecule has 4 heterocycles. The third-order valence-corrected chi connectivity index (χ3v) is 8.83. The van der Waals surface area contributed by atoms with Crippen LogP contribution < -0.4 is 19.7 Å². The fourth-order valence-electron chi connectivity index (χ4n) is 7.06. The van der Waals surface area contributed by atoms with Gasteiger partial charge in [-0.3, -0.25) is 14.4 Å². The Morgan fingerprint density at radius 1 is 0.975 bits per heavy atom. The highest BCUT2D eigenvalue weighted by atomic mass is 16.7. The lowest BCUT2D eigenvalue weighted by atomic mass is 9.63. The zero-order valence-electron chi connectivity index (χ0n) is 22.9. The van der Waals surface area contributed by atoms with Gasteiger partial charge in [0.2, 0.25) is 12.7 Å². The minimum atomic E-state index is -1.33.